The van der Waals surface area contributed by atoms with Gasteiger partial charge in [0, 0.05) is 6.54 Å². The zero-order valence-corrected chi connectivity index (χ0v) is 12.5. The average molecular weight is 288 g/mol. The first-order valence-corrected chi connectivity index (χ1v) is 7.43. The molecule has 104 valence electrons. The monoisotopic (exact) mass is 288 g/mol. The lowest BCUT2D eigenvalue weighted by Gasteiger charge is -2.15. The molecule has 6 nitrogen and oxygen atoms in total. The predicted molar refractivity (Wildman–Crippen MR) is 79.9 cm³/mol. The first-order chi connectivity index (χ1) is 9.69. The van der Waals surface area contributed by atoms with E-state index >= 15 is 0 Å². The molecule has 0 aromatic carbocycles. The van der Waals surface area contributed by atoms with E-state index in [2.05, 4.69) is 39.2 Å². The molecule has 0 aliphatic heterocycles. The van der Waals surface area contributed by atoms with Crippen molar-refractivity contribution in [3.63, 3.8) is 0 Å². The number of hydrogen-bond acceptors (Lipinski definition) is 6. The number of thiophene rings is 1. The molecule has 1 unspecified atom stereocenters. The van der Waals surface area contributed by atoms with Gasteiger partial charge < -0.3 is 5.32 Å². The van der Waals surface area contributed by atoms with Gasteiger partial charge in [-0.1, -0.05) is 0 Å². The molecule has 3 heterocycles. The SMILES string of the molecule is CCn1ncnc1C(C)Nc1nc(C)nc2sccc12. The third-order valence-corrected chi connectivity index (χ3v) is 3.93. The number of aryl methyl sites for hydroxylation is 2. The molecule has 3 aromatic heterocycles. The van der Waals surface area contributed by atoms with Crippen molar-refractivity contribution in [2.75, 3.05) is 5.32 Å². The second-order valence-electron chi connectivity index (χ2n) is 4.56. The molecule has 0 radical (unpaired) electrons. The molecule has 0 saturated heterocycles. The minimum Gasteiger partial charge on any atom is -0.360 e. The molecular weight excluding hydrogens is 272 g/mol. The van der Waals surface area contributed by atoms with Crippen molar-refractivity contribution in [3.05, 3.63) is 29.4 Å². The molecule has 0 fully saturated rings. The Balaban J connectivity index is 1.95. The summed E-state index contributed by atoms with van der Waals surface area (Å²) in [7, 11) is 0. The summed E-state index contributed by atoms with van der Waals surface area (Å²) in [5, 5.41) is 10.7. The number of anilines is 1. The largest absolute Gasteiger partial charge is 0.360 e. The summed E-state index contributed by atoms with van der Waals surface area (Å²) in [6, 6.07) is 2.08. The van der Waals surface area contributed by atoms with Gasteiger partial charge in [-0.3, -0.25) is 0 Å². The van der Waals surface area contributed by atoms with E-state index in [1.807, 2.05) is 23.1 Å². The maximum atomic E-state index is 4.51. The van der Waals surface area contributed by atoms with Crippen LogP contribution in [0.25, 0.3) is 10.2 Å². The summed E-state index contributed by atoms with van der Waals surface area (Å²) >= 11 is 1.62. The van der Waals surface area contributed by atoms with Gasteiger partial charge in [-0.2, -0.15) is 5.10 Å². The number of nitrogens with zero attached hydrogens (tertiary/aromatic N) is 5. The van der Waals surface area contributed by atoms with Crippen LogP contribution >= 0.6 is 11.3 Å². The average Bonchev–Trinajstić information content (AvgIpc) is 3.06. The topological polar surface area (TPSA) is 68.5 Å². The lowest BCUT2D eigenvalue weighted by atomic mass is 10.3. The third-order valence-electron chi connectivity index (χ3n) is 3.12. The minimum atomic E-state index is 0.0369. The third kappa shape index (κ3) is 2.24. The van der Waals surface area contributed by atoms with E-state index in [4.69, 9.17) is 0 Å². The Hall–Kier alpha value is -2.02. The quantitative estimate of drug-likeness (QED) is 0.799. The molecule has 0 spiro atoms. The van der Waals surface area contributed by atoms with Gasteiger partial charge in [0.2, 0.25) is 0 Å². The first-order valence-electron chi connectivity index (χ1n) is 6.55. The van der Waals surface area contributed by atoms with E-state index in [0.717, 1.165) is 34.2 Å². The van der Waals surface area contributed by atoms with Crippen molar-refractivity contribution >= 4 is 27.4 Å². The molecule has 7 heteroatoms. The van der Waals surface area contributed by atoms with E-state index in [-0.39, 0.29) is 6.04 Å². The van der Waals surface area contributed by atoms with Gasteiger partial charge >= 0.3 is 0 Å². The van der Waals surface area contributed by atoms with Crippen LogP contribution in [-0.4, -0.2) is 24.7 Å². The summed E-state index contributed by atoms with van der Waals surface area (Å²) in [5.74, 6) is 2.53. The lowest BCUT2D eigenvalue weighted by molar-refractivity contribution is 0.592. The minimum absolute atomic E-state index is 0.0369. The van der Waals surface area contributed by atoms with Crippen LogP contribution in [0.5, 0.6) is 0 Å². The van der Waals surface area contributed by atoms with Gasteiger partial charge in [0.1, 0.15) is 28.6 Å². The Morgan fingerprint density at radius 3 is 3.05 bits per heavy atom. The molecular formula is C13H16N6S. The zero-order valence-electron chi connectivity index (χ0n) is 11.7. The second-order valence-corrected chi connectivity index (χ2v) is 5.45. The molecule has 3 aromatic rings. The van der Waals surface area contributed by atoms with Crippen molar-refractivity contribution in [2.45, 2.75) is 33.4 Å². The summed E-state index contributed by atoms with van der Waals surface area (Å²) in [4.78, 5) is 14.3. The van der Waals surface area contributed by atoms with E-state index in [0.29, 0.717) is 0 Å². The highest BCUT2D eigenvalue weighted by Crippen LogP contribution is 2.27. The molecule has 20 heavy (non-hydrogen) atoms. The molecule has 0 amide bonds. The highest BCUT2D eigenvalue weighted by atomic mass is 32.1. The number of hydrogen-bond donors (Lipinski definition) is 1. The molecule has 0 aliphatic rings. The van der Waals surface area contributed by atoms with E-state index in [1.54, 1.807) is 17.7 Å². The maximum Gasteiger partial charge on any atom is 0.149 e. The van der Waals surface area contributed by atoms with Crippen LogP contribution in [0, 0.1) is 6.92 Å². The van der Waals surface area contributed by atoms with E-state index in [1.165, 1.54) is 0 Å². The van der Waals surface area contributed by atoms with Crippen molar-refractivity contribution in [1.29, 1.82) is 0 Å². The van der Waals surface area contributed by atoms with Crippen LogP contribution < -0.4 is 5.32 Å². The molecule has 3 rings (SSSR count). The normalized spacial score (nSPS) is 12.8. The molecule has 0 bridgehead atoms. The van der Waals surface area contributed by atoms with Gasteiger partial charge in [0.15, 0.2) is 0 Å². The number of fused-ring (bicyclic) bond motifs is 1. The number of rotatable bonds is 4. The van der Waals surface area contributed by atoms with E-state index in [9.17, 15) is 0 Å². The Morgan fingerprint density at radius 1 is 1.40 bits per heavy atom. The molecule has 1 atom stereocenters. The van der Waals surface area contributed by atoms with Crippen LogP contribution in [0.3, 0.4) is 0 Å². The van der Waals surface area contributed by atoms with Crippen LogP contribution in [0.1, 0.15) is 31.5 Å². The van der Waals surface area contributed by atoms with Crippen molar-refractivity contribution in [3.8, 4) is 0 Å². The smallest absolute Gasteiger partial charge is 0.149 e. The first kappa shape index (κ1) is 13.0. The van der Waals surface area contributed by atoms with Gasteiger partial charge in [-0.05, 0) is 32.2 Å². The highest BCUT2D eigenvalue weighted by Gasteiger charge is 2.15. The fraction of sp³-hybridized carbons (Fsp3) is 0.385. The van der Waals surface area contributed by atoms with Crippen molar-refractivity contribution < 1.29 is 0 Å². The molecule has 1 N–H and O–H groups in total. The van der Waals surface area contributed by atoms with E-state index < -0.39 is 0 Å². The van der Waals surface area contributed by atoms with Gasteiger partial charge in [0.25, 0.3) is 0 Å². The lowest BCUT2D eigenvalue weighted by Crippen LogP contribution is -2.15. The zero-order chi connectivity index (χ0) is 14.1. The Morgan fingerprint density at radius 2 is 2.25 bits per heavy atom. The molecule has 0 aliphatic carbocycles. The Bertz CT molecular complexity index is 731. The Kier molecular flexibility index (Phi) is 3.35. The molecule has 0 saturated carbocycles. The number of aromatic nitrogens is 5. The van der Waals surface area contributed by atoms with Gasteiger partial charge in [-0.15, -0.1) is 11.3 Å². The standard InChI is InChI=1S/C13H16N6S/c1-4-19-12(14-7-15-19)8(2)16-11-10-5-6-20-13(10)18-9(3)17-11/h5-8H,4H2,1-3H3,(H,16,17,18). The predicted octanol–water partition coefficient (Wildman–Crippen LogP) is 2.78. The van der Waals surface area contributed by atoms with Crippen molar-refractivity contribution in [2.24, 2.45) is 0 Å². The highest BCUT2D eigenvalue weighted by molar-refractivity contribution is 7.16. The van der Waals surface area contributed by atoms with Crippen LogP contribution in [-0.2, 0) is 6.54 Å². The summed E-state index contributed by atoms with van der Waals surface area (Å²) in [6.07, 6.45) is 1.59. The fourth-order valence-electron chi connectivity index (χ4n) is 2.19. The van der Waals surface area contributed by atoms with Crippen LogP contribution in [0.2, 0.25) is 0 Å². The van der Waals surface area contributed by atoms with Crippen LogP contribution in [0.15, 0.2) is 17.8 Å². The fourth-order valence-corrected chi connectivity index (χ4v) is 3.00. The maximum absolute atomic E-state index is 4.51. The number of nitrogens with one attached hydrogen (secondary N) is 1. The van der Waals surface area contributed by atoms with Gasteiger partial charge in [-0.25, -0.2) is 19.6 Å². The van der Waals surface area contributed by atoms with Gasteiger partial charge in [0.05, 0.1) is 11.4 Å². The Labute approximate surface area is 120 Å². The summed E-state index contributed by atoms with van der Waals surface area (Å²) in [5.41, 5.74) is 0. The second kappa shape index (κ2) is 5.16. The summed E-state index contributed by atoms with van der Waals surface area (Å²) < 4.78 is 1.89. The van der Waals surface area contributed by atoms with Crippen LogP contribution in [0.4, 0.5) is 5.82 Å². The van der Waals surface area contributed by atoms with Crippen molar-refractivity contribution in [1.82, 2.24) is 24.7 Å². The summed E-state index contributed by atoms with van der Waals surface area (Å²) in [6.45, 7) is 6.82.